The molecule has 0 aliphatic carbocycles. The fraction of sp³-hybridized carbons (Fsp3) is 0.476. The van der Waals surface area contributed by atoms with E-state index in [2.05, 4.69) is 26.0 Å². The van der Waals surface area contributed by atoms with Crippen LogP contribution in [0, 0.1) is 11.6 Å². The van der Waals surface area contributed by atoms with E-state index in [1.807, 2.05) is 48.5 Å². The van der Waals surface area contributed by atoms with Gasteiger partial charge in [-0.3, -0.25) is 0 Å². The Morgan fingerprint density at radius 3 is 1.43 bits per heavy atom. The Morgan fingerprint density at radius 1 is 0.511 bits per heavy atom. The van der Waals surface area contributed by atoms with Crippen LogP contribution >= 0.6 is 22.7 Å². The molecule has 0 saturated heterocycles. The Bertz CT molecular complexity index is 1650. The standard InChI is InChI=1S/C42H52F2OS2/c1-3-5-7-9-11-12-13-14-16-18-28-45-34-26-24-33(25-27-34)42-40(44)36-30-37-35(29-38(36)47-42)39(43)41(46-37)32-22-20-31(21-23-32)19-17-15-10-8-6-4-2/h20-27,29-30H,3-19,28H2,1-2H3. The van der Waals surface area contributed by atoms with Gasteiger partial charge < -0.3 is 4.74 Å². The van der Waals surface area contributed by atoms with Crippen LogP contribution in [0.25, 0.3) is 41.1 Å². The SMILES string of the molecule is CCCCCCCCCCCCOc1ccc(-c2sc3cc4c(F)c(-c5ccc(CCCCCCCC)cc5)sc4cc3c2F)cc1. The first kappa shape index (κ1) is 35.5. The van der Waals surface area contributed by atoms with Crippen molar-refractivity contribution in [2.45, 2.75) is 123 Å². The quantitative estimate of drug-likeness (QED) is 0.0704. The molecule has 0 saturated carbocycles. The van der Waals surface area contributed by atoms with Crippen LogP contribution in [0.5, 0.6) is 5.75 Å². The largest absolute Gasteiger partial charge is 0.494 e. The van der Waals surface area contributed by atoms with Crippen molar-refractivity contribution >= 4 is 42.8 Å². The van der Waals surface area contributed by atoms with E-state index in [0.717, 1.165) is 39.1 Å². The Labute approximate surface area is 289 Å². The minimum Gasteiger partial charge on any atom is -0.494 e. The maximum Gasteiger partial charge on any atom is 0.149 e. The summed E-state index contributed by atoms with van der Waals surface area (Å²) in [4.78, 5) is 1.21. The predicted octanol–water partition coefficient (Wildman–Crippen LogP) is 14.9. The third-order valence-electron chi connectivity index (χ3n) is 9.30. The van der Waals surface area contributed by atoms with E-state index in [4.69, 9.17) is 4.74 Å². The van der Waals surface area contributed by atoms with Crippen molar-refractivity contribution in [3.63, 3.8) is 0 Å². The lowest BCUT2D eigenvalue weighted by Gasteiger charge is -2.07. The van der Waals surface area contributed by atoms with Gasteiger partial charge in [-0.2, -0.15) is 0 Å². The summed E-state index contributed by atoms with van der Waals surface area (Å²) in [5.74, 6) is 0.368. The number of rotatable bonds is 21. The molecule has 0 unspecified atom stereocenters. The first-order valence-corrected chi connectivity index (χ1v) is 19.9. The van der Waals surface area contributed by atoms with E-state index in [-0.39, 0.29) is 11.6 Å². The Kier molecular flexibility index (Phi) is 14.1. The number of hydrogen-bond donors (Lipinski definition) is 0. The van der Waals surface area contributed by atoms with Crippen molar-refractivity contribution in [3.05, 3.63) is 77.9 Å². The minimum absolute atomic E-state index is 0.213. The number of aryl methyl sites for hydroxylation is 1. The second-order valence-corrected chi connectivity index (χ2v) is 15.2. The summed E-state index contributed by atoms with van der Waals surface area (Å²) in [5.41, 5.74) is 3.01. The molecular formula is C42H52F2OS2. The number of unbranched alkanes of at least 4 members (excludes halogenated alkanes) is 14. The molecule has 0 radical (unpaired) electrons. The van der Waals surface area contributed by atoms with Crippen molar-refractivity contribution in [2.75, 3.05) is 6.61 Å². The highest BCUT2D eigenvalue weighted by Crippen LogP contribution is 2.44. The van der Waals surface area contributed by atoms with Crippen LogP contribution in [-0.2, 0) is 6.42 Å². The molecule has 0 aliphatic heterocycles. The van der Waals surface area contributed by atoms with E-state index in [0.29, 0.717) is 27.1 Å². The van der Waals surface area contributed by atoms with Crippen LogP contribution in [0.1, 0.15) is 122 Å². The Hall–Kier alpha value is -2.76. The highest BCUT2D eigenvalue weighted by molar-refractivity contribution is 7.24. The van der Waals surface area contributed by atoms with E-state index in [9.17, 15) is 0 Å². The van der Waals surface area contributed by atoms with Crippen LogP contribution < -0.4 is 4.74 Å². The zero-order chi connectivity index (χ0) is 32.8. The maximum absolute atomic E-state index is 15.8. The van der Waals surface area contributed by atoms with Crippen molar-refractivity contribution in [1.82, 2.24) is 0 Å². The first-order valence-electron chi connectivity index (χ1n) is 18.3. The minimum atomic E-state index is -0.236. The van der Waals surface area contributed by atoms with Gasteiger partial charge in [0.2, 0.25) is 0 Å². The second-order valence-electron chi connectivity index (χ2n) is 13.1. The summed E-state index contributed by atoms with van der Waals surface area (Å²) < 4.78 is 39.0. The molecule has 0 aliphatic rings. The summed E-state index contributed by atoms with van der Waals surface area (Å²) in [6, 6.07) is 19.7. The van der Waals surface area contributed by atoms with Crippen LogP contribution in [-0.4, -0.2) is 6.61 Å². The van der Waals surface area contributed by atoms with Gasteiger partial charge in [-0.25, -0.2) is 8.78 Å². The summed E-state index contributed by atoms with van der Waals surface area (Å²) in [6.07, 6.45) is 21.8. The second kappa shape index (κ2) is 18.7. The number of hydrogen-bond acceptors (Lipinski definition) is 3. The van der Waals surface area contributed by atoms with Gasteiger partial charge in [0.05, 0.1) is 16.4 Å². The molecular weight excluding hydrogens is 623 g/mol. The number of thiophene rings is 2. The molecule has 2 heterocycles. The summed E-state index contributed by atoms with van der Waals surface area (Å²) in [7, 11) is 0. The molecule has 3 aromatic carbocycles. The lowest BCUT2D eigenvalue weighted by atomic mass is 10.0. The van der Waals surface area contributed by atoms with Crippen molar-refractivity contribution in [1.29, 1.82) is 0 Å². The lowest BCUT2D eigenvalue weighted by molar-refractivity contribution is 0.304. The average Bonchev–Trinajstić information content (AvgIpc) is 3.59. The molecule has 0 spiro atoms. The molecule has 2 aromatic heterocycles. The van der Waals surface area contributed by atoms with Gasteiger partial charge in [-0.05, 0) is 72.4 Å². The van der Waals surface area contributed by atoms with Gasteiger partial charge in [-0.15, -0.1) is 22.7 Å². The molecule has 252 valence electrons. The average molecular weight is 675 g/mol. The lowest BCUT2D eigenvalue weighted by Crippen LogP contribution is -1.97. The molecule has 1 nitrogen and oxygen atoms in total. The zero-order valence-corrected chi connectivity index (χ0v) is 30.1. The predicted molar refractivity (Wildman–Crippen MR) is 202 cm³/mol. The molecule has 0 atom stereocenters. The third kappa shape index (κ3) is 9.89. The molecule has 0 amide bonds. The molecule has 0 N–H and O–H groups in total. The molecule has 5 heteroatoms. The highest BCUT2D eigenvalue weighted by Gasteiger charge is 2.19. The van der Waals surface area contributed by atoms with Crippen LogP contribution in [0.15, 0.2) is 60.7 Å². The van der Waals surface area contributed by atoms with Crippen molar-refractivity contribution in [3.8, 4) is 26.6 Å². The number of ether oxygens (including phenoxy) is 1. The summed E-state index contributed by atoms with van der Waals surface area (Å²) in [6.45, 7) is 5.22. The smallest absolute Gasteiger partial charge is 0.149 e. The number of fused-ring (bicyclic) bond motifs is 2. The highest BCUT2D eigenvalue weighted by atomic mass is 32.1. The van der Waals surface area contributed by atoms with Crippen LogP contribution in [0.2, 0.25) is 0 Å². The van der Waals surface area contributed by atoms with Crippen molar-refractivity contribution < 1.29 is 13.5 Å². The van der Waals surface area contributed by atoms with Gasteiger partial charge >= 0.3 is 0 Å². The number of benzene rings is 3. The van der Waals surface area contributed by atoms with E-state index >= 15 is 8.78 Å². The number of halogens is 2. The van der Waals surface area contributed by atoms with Gasteiger partial charge in [0.1, 0.15) is 17.4 Å². The molecule has 47 heavy (non-hydrogen) atoms. The van der Waals surface area contributed by atoms with Gasteiger partial charge in [0.25, 0.3) is 0 Å². The molecule has 5 rings (SSSR count). The fourth-order valence-corrected chi connectivity index (χ4v) is 8.63. The summed E-state index contributed by atoms with van der Waals surface area (Å²) >= 11 is 2.79. The van der Waals surface area contributed by atoms with Gasteiger partial charge in [0, 0.05) is 20.2 Å². The zero-order valence-electron chi connectivity index (χ0n) is 28.5. The summed E-state index contributed by atoms with van der Waals surface area (Å²) in [5, 5.41) is 1.12. The van der Waals surface area contributed by atoms with E-state index in [1.165, 1.54) is 125 Å². The normalized spacial score (nSPS) is 11.7. The molecule has 0 bridgehead atoms. The topological polar surface area (TPSA) is 9.23 Å². The molecule has 0 fully saturated rings. The van der Waals surface area contributed by atoms with Crippen molar-refractivity contribution in [2.24, 2.45) is 0 Å². The van der Waals surface area contributed by atoms with Gasteiger partial charge in [-0.1, -0.05) is 128 Å². The van der Waals surface area contributed by atoms with Crippen LogP contribution in [0.4, 0.5) is 8.78 Å². The fourth-order valence-electron chi connectivity index (χ4n) is 6.41. The van der Waals surface area contributed by atoms with Gasteiger partial charge in [0.15, 0.2) is 0 Å². The monoisotopic (exact) mass is 674 g/mol. The van der Waals surface area contributed by atoms with Crippen LogP contribution in [0.3, 0.4) is 0 Å². The first-order chi connectivity index (χ1) is 23.1. The molecule has 5 aromatic rings. The Balaban J connectivity index is 1.15. The maximum atomic E-state index is 15.8. The Morgan fingerprint density at radius 2 is 0.936 bits per heavy atom. The third-order valence-corrected chi connectivity index (χ3v) is 11.6. The van der Waals surface area contributed by atoms with E-state index < -0.39 is 0 Å². The van der Waals surface area contributed by atoms with E-state index in [1.54, 1.807) is 0 Å².